The SMILES string of the molecule is CC[C@@H](C)c1ccc(NC(=O)COC(=O)c2cccc[n+]2[O-])cc1. The van der Waals surface area contributed by atoms with Gasteiger partial charge in [-0.15, -0.1) is 0 Å². The Morgan fingerprint density at radius 3 is 2.54 bits per heavy atom. The van der Waals surface area contributed by atoms with E-state index >= 15 is 0 Å². The first-order valence-electron chi connectivity index (χ1n) is 7.76. The van der Waals surface area contributed by atoms with Crippen LogP contribution in [0.2, 0.25) is 0 Å². The van der Waals surface area contributed by atoms with E-state index in [1.165, 1.54) is 23.9 Å². The lowest BCUT2D eigenvalue weighted by molar-refractivity contribution is -0.608. The van der Waals surface area contributed by atoms with Crippen molar-refractivity contribution < 1.29 is 19.1 Å². The molecule has 0 saturated carbocycles. The molecule has 6 heteroatoms. The van der Waals surface area contributed by atoms with E-state index in [0.29, 0.717) is 16.3 Å². The normalized spacial score (nSPS) is 11.6. The van der Waals surface area contributed by atoms with Gasteiger partial charge < -0.3 is 15.3 Å². The Bertz CT molecular complexity index is 713. The molecule has 1 amide bonds. The van der Waals surface area contributed by atoms with Gasteiger partial charge in [0, 0.05) is 17.8 Å². The summed E-state index contributed by atoms with van der Waals surface area (Å²) in [6, 6.07) is 11.9. The fourth-order valence-corrected chi connectivity index (χ4v) is 2.12. The summed E-state index contributed by atoms with van der Waals surface area (Å²) >= 11 is 0. The van der Waals surface area contributed by atoms with Crippen LogP contribution in [0.25, 0.3) is 0 Å². The van der Waals surface area contributed by atoms with Gasteiger partial charge in [0.2, 0.25) is 0 Å². The minimum Gasteiger partial charge on any atom is -0.618 e. The van der Waals surface area contributed by atoms with Crippen molar-refractivity contribution in [1.82, 2.24) is 0 Å². The van der Waals surface area contributed by atoms with Gasteiger partial charge in [0.15, 0.2) is 12.8 Å². The molecule has 6 nitrogen and oxygen atoms in total. The molecule has 0 fully saturated rings. The van der Waals surface area contributed by atoms with Crippen molar-refractivity contribution >= 4 is 17.6 Å². The smallest absolute Gasteiger partial charge is 0.405 e. The van der Waals surface area contributed by atoms with Crippen LogP contribution in [0.3, 0.4) is 0 Å². The molecule has 1 atom stereocenters. The molecule has 126 valence electrons. The highest BCUT2D eigenvalue weighted by Gasteiger charge is 2.18. The number of anilines is 1. The van der Waals surface area contributed by atoms with Crippen molar-refractivity contribution in [1.29, 1.82) is 0 Å². The molecule has 2 rings (SSSR count). The Balaban J connectivity index is 1.87. The van der Waals surface area contributed by atoms with Crippen molar-refractivity contribution in [2.75, 3.05) is 11.9 Å². The average molecular weight is 328 g/mol. The molecule has 0 unspecified atom stereocenters. The topological polar surface area (TPSA) is 82.3 Å². The van der Waals surface area contributed by atoms with Crippen molar-refractivity contribution in [2.24, 2.45) is 0 Å². The quantitative estimate of drug-likeness (QED) is 0.502. The third kappa shape index (κ3) is 4.55. The summed E-state index contributed by atoms with van der Waals surface area (Å²) in [5.74, 6) is -0.846. The van der Waals surface area contributed by atoms with E-state index in [4.69, 9.17) is 4.74 Å². The standard InChI is InChI=1S/C18H20N2O4/c1-3-13(2)14-7-9-15(10-8-14)19-17(21)12-24-18(22)16-6-4-5-11-20(16)23/h4-11,13H,3,12H2,1-2H3,(H,19,21)/t13-/m1/s1. The molecule has 0 saturated heterocycles. The first kappa shape index (κ1) is 17.5. The molecule has 0 aliphatic rings. The number of benzene rings is 1. The van der Waals surface area contributed by atoms with Crippen molar-refractivity contribution in [3.8, 4) is 0 Å². The number of ether oxygens (including phenoxy) is 1. The molecule has 2 aromatic rings. The van der Waals surface area contributed by atoms with Gasteiger partial charge in [0.25, 0.3) is 5.91 Å². The second-order valence-electron chi connectivity index (χ2n) is 5.47. The lowest BCUT2D eigenvalue weighted by Gasteiger charge is -2.10. The van der Waals surface area contributed by atoms with Crippen LogP contribution in [0.1, 0.15) is 42.2 Å². The molecule has 0 radical (unpaired) electrons. The summed E-state index contributed by atoms with van der Waals surface area (Å²) in [6.45, 7) is 3.80. The molecule has 0 aliphatic carbocycles. The van der Waals surface area contributed by atoms with Crippen LogP contribution in [0.5, 0.6) is 0 Å². The Labute approximate surface area is 140 Å². The zero-order valence-corrected chi connectivity index (χ0v) is 13.7. The van der Waals surface area contributed by atoms with E-state index in [1.54, 1.807) is 6.07 Å². The highest BCUT2D eigenvalue weighted by atomic mass is 16.5. The van der Waals surface area contributed by atoms with Crippen LogP contribution in [-0.4, -0.2) is 18.5 Å². The number of pyridine rings is 1. The number of carbonyl (C=O) groups excluding carboxylic acids is 2. The second-order valence-corrected chi connectivity index (χ2v) is 5.47. The molecular formula is C18H20N2O4. The summed E-state index contributed by atoms with van der Waals surface area (Å²) < 4.78 is 5.25. The van der Waals surface area contributed by atoms with Crippen molar-refractivity contribution in [3.05, 3.63) is 65.1 Å². The van der Waals surface area contributed by atoms with Crippen LogP contribution in [0, 0.1) is 5.21 Å². The van der Waals surface area contributed by atoms with E-state index in [-0.39, 0.29) is 5.69 Å². The molecule has 0 spiro atoms. The number of hydrogen-bond donors (Lipinski definition) is 1. The van der Waals surface area contributed by atoms with Crippen molar-refractivity contribution in [2.45, 2.75) is 26.2 Å². The van der Waals surface area contributed by atoms with Gasteiger partial charge in [-0.25, -0.2) is 4.79 Å². The Morgan fingerprint density at radius 2 is 1.92 bits per heavy atom. The molecule has 0 bridgehead atoms. The second kappa shape index (κ2) is 8.10. The lowest BCUT2D eigenvalue weighted by Crippen LogP contribution is -2.35. The van der Waals surface area contributed by atoms with E-state index < -0.39 is 18.5 Å². The Morgan fingerprint density at radius 1 is 1.21 bits per heavy atom. The van der Waals surface area contributed by atoms with Gasteiger partial charge in [-0.1, -0.05) is 26.0 Å². The highest BCUT2D eigenvalue weighted by Crippen LogP contribution is 2.20. The fraction of sp³-hybridized carbons (Fsp3) is 0.278. The van der Waals surface area contributed by atoms with Crippen molar-refractivity contribution in [3.63, 3.8) is 0 Å². The van der Waals surface area contributed by atoms with Gasteiger partial charge in [-0.2, -0.15) is 4.73 Å². The number of carbonyl (C=O) groups is 2. The first-order valence-corrected chi connectivity index (χ1v) is 7.76. The molecule has 1 N–H and O–H groups in total. The van der Waals surface area contributed by atoms with Crippen LogP contribution < -0.4 is 10.0 Å². The summed E-state index contributed by atoms with van der Waals surface area (Å²) in [7, 11) is 0. The monoisotopic (exact) mass is 328 g/mol. The van der Waals surface area contributed by atoms with Gasteiger partial charge >= 0.3 is 11.7 Å². The van der Waals surface area contributed by atoms with Crippen LogP contribution in [0.4, 0.5) is 5.69 Å². The number of amides is 1. The third-order valence-corrected chi connectivity index (χ3v) is 3.74. The van der Waals surface area contributed by atoms with Gasteiger partial charge in [-0.05, 0) is 36.1 Å². The summed E-state index contributed by atoms with van der Waals surface area (Å²) in [6.07, 6.45) is 2.23. The zero-order chi connectivity index (χ0) is 17.5. The molecule has 1 heterocycles. The van der Waals surface area contributed by atoms with E-state index in [9.17, 15) is 14.8 Å². The van der Waals surface area contributed by atoms with Gasteiger partial charge in [0.1, 0.15) is 0 Å². The summed E-state index contributed by atoms with van der Waals surface area (Å²) in [5.41, 5.74) is 1.66. The minimum absolute atomic E-state index is 0.164. The largest absolute Gasteiger partial charge is 0.618 e. The molecule has 1 aromatic heterocycles. The number of aromatic nitrogens is 1. The number of nitrogens with zero attached hydrogens (tertiary/aromatic N) is 1. The maximum atomic E-state index is 11.8. The maximum absolute atomic E-state index is 11.8. The molecule has 24 heavy (non-hydrogen) atoms. The van der Waals surface area contributed by atoms with Gasteiger partial charge in [-0.3, -0.25) is 4.79 Å². The maximum Gasteiger partial charge on any atom is 0.405 e. The van der Waals surface area contributed by atoms with Gasteiger partial charge in [0.05, 0.1) is 0 Å². The van der Waals surface area contributed by atoms with E-state index in [1.807, 2.05) is 24.3 Å². The average Bonchev–Trinajstić information content (AvgIpc) is 2.60. The fourth-order valence-electron chi connectivity index (χ4n) is 2.12. The van der Waals surface area contributed by atoms with Crippen LogP contribution >= 0.6 is 0 Å². The Kier molecular flexibility index (Phi) is 5.89. The van der Waals surface area contributed by atoms with E-state index in [0.717, 1.165) is 6.42 Å². The number of esters is 1. The molecule has 1 aromatic carbocycles. The van der Waals surface area contributed by atoms with Crippen LogP contribution in [-0.2, 0) is 9.53 Å². The predicted molar refractivity (Wildman–Crippen MR) is 89.5 cm³/mol. The van der Waals surface area contributed by atoms with Crippen LogP contribution in [0.15, 0.2) is 48.7 Å². The predicted octanol–water partition coefficient (Wildman–Crippen LogP) is 2.63. The number of nitrogens with one attached hydrogen (secondary N) is 1. The number of hydrogen-bond acceptors (Lipinski definition) is 4. The lowest BCUT2D eigenvalue weighted by atomic mass is 9.99. The zero-order valence-electron chi connectivity index (χ0n) is 13.7. The highest BCUT2D eigenvalue weighted by molar-refractivity contribution is 5.94. The number of rotatable bonds is 6. The minimum atomic E-state index is -0.840. The summed E-state index contributed by atoms with van der Waals surface area (Å²) in [4.78, 5) is 23.6. The summed E-state index contributed by atoms with van der Waals surface area (Å²) in [5, 5.41) is 14.1. The third-order valence-electron chi connectivity index (χ3n) is 3.74. The Hall–Kier alpha value is -2.89. The molecular weight excluding hydrogens is 308 g/mol. The first-order chi connectivity index (χ1) is 11.5. The molecule has 0 aliphatic heterocycles. The van der Waals surface area contributed by atoms with E-state index in [2.05, 4.69) is 19.2 Å².